The van der Waals surface area contributed by atoms with E-state index >= 15 is 0 Å². The molecule has 0 bridgehead atoms. The molecule has 2 aromatic carbocycles. The number of ether oxygens (including phenoxy) is 3. The van der Waals surface area contributed by atoms with E-state index in [1.165, 1.54) is 12.0 Å². The molecule has 0 radical (unpaired) electrons. The van der Waals surface area contributed by atoms with Crippen molar-refractivity contribution < 1.29 is 14.2 Å². The SMILES string of the molecule is CC(C)Oc1ccc(NC(=NCC2CCN(C)C2)NCCc2ccc3c(c2)OCO3)cc1.I. The average Bonchev–Trinajstić information content (AvgIpc) is 3.41. The third kappa shape index (κ3) is 7.67. The number of nitrogens with zero attached hydrogens (tertiary/aromatic N) is 2. The fourth-order valence-electron chi connectivity index (χ4n) is 3.98. The minimum absolute atomic E-state index is 0. The Bertz CT molecular complexity index is 920. The number of halogens is 1. The fourth-order valence-corrected chi connectivity index (χ4v) is 3.98. The maximum absolute atomic E-state index is 5.75. The van der Waals surface area contributed by atoms with Crippen molar-refractivity contribution in [2.45, 2.75) is 32.8 Å². The maximum atomic E-state index is 5.75. The molecule has 2 N–H and O–H groups in total. The molecule has 7 nitrogen and oxygen atoms in total. The Morgan fingerprint density at radius 1 is 1.15 bits per heavy atom. The van der Waals surface area contributed by atoms with E-state index in [1.807, 2.05) is 44.2 Å². The van der Waals surface area contributed by atoms with Crippen LogP contribution in [0.15, 0.2) is 47.5 Å². The van der Waals surface area contributed by atoms with Crippen LogP contribution in [0.5, 0.6) is 17.2 Å². The van der Waals surface area contributed by atoms with Crippen LogP contribution in [0, 0.1) is 5.92 Å². The molecule has 1 fully saturated rings. The van der Waals surface area contributed by atoms with Gasteiger partial charge < -0.3 is 29.7 Å². The summed E-state index contributed by atoms with van der Waals surface area (Å²) in [6.45, 7) is 8.20. The highest BCUT2D eigenvalue weighted by Gasteiger charge is 2.19. The molecule has 0 amide bonds. The van der Waals surface area contributed by atoms with Crippen LogP contribution in [0.25, 0.3) is 0 Å². The average molecular weight is 566 g/mol. The number of anilines is 1. The highest BCUT2D eigenvalue weighted by Crippen LogP contribution is 2.32. The topological polar surface area (TPSA) is 67.4 Å². The summed E-state index contributed by atoms with van der Waals surface area (Å²) >= 11 is 0. The molecule has 33 heavy (non-hydrogen) atoms. The zero-order valence-electron chi connectivity index (χ0n) is 19.7. The predicted octanol–water partition coefficient (Wildman–Crippen LogP) is 4.37. The molecule has 2 aliphatic heterocycles. The van der Waals surface area contributed by atoms with Crippen LogP contribution in [-0.2, 0) is 6.42 Å². The van der Waals surface area contributed by atoms with Crippen molar-refractivity contribution in [3.8, 4) is 17.2 Å². The summed E-state index contributed by atoms with van der Waals surface area (Å²) in [5.74, 6) is 3.92. The summed E-state index contributed by atoms with van der Waals surface area (Å²) < 4.78 is 16.6. The summed E-state index contributed by atoms with van der Waals surface area (Å²) in [5.41, 5.74) is 2.19. The largest absolute Gasteiger partial charge is 0.491 e. The van der Waals surface area contributed by atoms with Gasteiger partial charge in [0.2, 0.25) is 6.79 Å². The molecule has 2 aliphatic rings. The molecule has 8 heteroatoms. The lowest BCUT2D eigenvalue weighted by Gasteiger charge is -2.15. The lowest BCUT2D eigenvalue weighted by molar-refractivity contribution is 0.174. The van der Waals surface area contributed by atoms with Crippen LogP contribution in [-0.4, -0.2) is 57.0 Å². The standard InChI is InChI=1S/C25H34N4O3.HI/c1-18(2)32-22-7-5-21(6-8-22)28-25(27-15-20-11-13-29(3)16-20)26-12-10-19-4-9-23-24(14-19)31-17-30-23;/h4-9,14,18,20H,10-13,15-17H2,1-3H3,(H2,26,27,28);1H. The zero-order chi connectivity index (χ0) is 22.3. The van der Waals surface area contributed by atoms with Crippen LogP contribution in [0.2, 0.25) is 0 Å². The Balaban J connectivity index is 0.00000306. The number of benzene rings is 2. The number of nitrogens with one attached hydrogen (secondary N) is 2. The Morgan fingerprint density at radius 3 is 2.67 bits per heavy atom. The number of hydrogen-bond donors (Lipinski definition) is 2. The van der Waals surface area contributed by atoms with Gasteiger partial charge in [-0.2, -0.15) is 0 Å². The normalized spacial score (nSPS) is 17.7. The van der Waals surface area contributed by atoms with Gasteiger partial charge in [0.05, 0.1) is 6.10 Å². The van der Waals surface area contributed by atoms with E-state index in [2.05, 4.69) is 34.7 Å². The molecule has 2 heterocycles. The molecule has 4 rings (SSSR count). The van der Waals surface area contributed by atoms with Gasteiger partial charge >= 0.3 is 0 Å². The molecule has 1 unspecified atom stereocenters. The second kappa shape index (κ2) is 12.3. The van der Waals surface area contributed by atoms with Crippen LogP contribution < -0.4 is 24.8 Å². The smallest absolute Gasteiger partial charge is 0.231 e. The number of fused-ring (bicyclic) bond motifs is 1. The van der Waals surface area contributed by atoms with Gasteiger partial charge in [-0.3, -0.25) is 4.99 Å². The third-order valence-corrected chi connectivity index (χ3v) is 5.63. The summed E-state index contributed by atoms with van der Waals surface area (Å²) in [4.78, 5) is 7.26. The van der Waals surface area contributed by atoms with E-state index in [4.69, 9.17) is 19.2 Å². The number of guanidine groups is 1. The first-order valence-electron chi connectivity index (χ1n) is 11.4. The quantitative estimate of drug-likeness (QED) is 0.281. The molecule has 180 valence electrons. The maximum Gasteiger partial charge on any atom is 0.231 e. The van der Waals surface area contributed by atoms with E-state index in [9.17, 15) is 0 Å². The van der Waals surface area contributed by atoms with Gasteiger partial charge in [0, 0.05) is 25.3 Å². The van der Waals surface area contributed by atoms with Crippen LogP contribution in [0.3, 0.4) is 0 Å². The molecule has 1 atom stereocenters. The lowest BCUT2D eigenvalue weighted by Crippen LogP contribution is -2.33. The minimum atomic E-state index is 0. The van der Waals surface area contributed by atoms with Crippen molar-refractivity contribution in [1.29, 1.82) is 0 Å². The molecule has 0 spiro atoms. The second-order valence-corrected chi connectivity index (χ2v) is 8.79. The second-order valence-electron chi connectivity index (χ2n) is 8.79. The van der Waals surface area contributed by atoms with Crippen molar-refractivity contribution in [3.05, 3.63) is 48.0 Å². The van der Waals surface area contributed by atoms with Gasteiger partial charge in [-0.15, -0.1) is 24.0 Å². The molecule has 0 aromatic heterocycles. The lowest BCUT2D eigenvalue weighted by atomic mass is 10.1. The summed E-state index contributed by atoms with van der Waals surface area (Å²) in [6, 6.07) is 14.1. The zero-order valence-corrected chi connectivity index (χ0v) is 22.0. The monoisotopic (exact) mass is 566 g/mol. The summed E-state index contributed by atoms with van der Waals surface area (Å²) in [5, 5.41) is 6.94. The molecule has 0 saturated carbocycles. The Hall–Kier alpha value is -2.20. The molecule has 0 aliphatic carbocycles. The molecular formula is C25H35IN4O3. The predicted molar refractivity (Wildman–Crippen MR) is 143 cm³/mol. The Morgan fingerprint density at radius 2 is 1.94 bits per heavy atom. The first-order valence-corrected chi connectivity index (χ1v) is 11.4. The Kier molecular flexibility index (Phi) is 9.49. The van der Waals surface area contributed by atoms with E-state index in [0.29, 0.717) is 12.7 Å². The molecule has 2 aromatic rings. The minimum Gasteiger partial charge on any atom is -0.491 e. The van der Waals surface area contributed by atoms with Crippen LogP contribution in [0.4, 0.5) is 5.69 Å². The van der Waals surface area contributed by atoms with Crippen molar-refractivity contribution in [1.82, 2.24) is 10.2 Å². The summed E-state index contributed by atoms with van der Waals surface area (Å²) in [7, 11) is 2.17. The van der Waals surface area contributed by atoms with Crippen molar-refractivity contribution in [2.75, 3.05) is 45.3 Å². The van der Waals surface area contributed by atoms with Gasteiger partial charge in [0.25, 0.3) is 0 Å². The number of likely N-dealkylation sites (tertiary alicyclic amines) is 1. The highest BCUT2D eigenvalue weighted by molar-refractivity contribution is 14.0. The molecular weight excluding hydrogens is 531 g/mol. The van der Waals surface area contributed by atoms with Crippen LogP contribution >= 0.6 is 24.0 Å². The van der Waals surface area contributed by atoms with Gasteiger partial charge in [0.1, 0.15) is 5.75 Å². The van der Waals surface area contributed by atoms with Gasteiger partial charge in [-0.25, -0.2) is 0 Å². The van der Waals surface area contributed by atoms with E-state index < -0.39 is 0 Å². The van der Waals surface area contributed by atoms with E-state index in [1.54, 1.807) is 0 Å². The van der Waals surface area contributed by atoms with Gasteiger partial charge in [-0.1, -0.05) is 6.07 Å². The highest BCUT2D eigenvalue weighted by atomic mass is 127. The van der Waals surface area contributed by atoms with Crippen molar-refractivity contribution in [3.63, 3.8) is 0 Å². The number of rotatable bonds is 8. The van der Waals surface area contributed by atoms with E-state index in [-0.39, 0.29) is 30.1 Å². The summed E-state index contributed by atoms with van der Waals surface area (Å²) in [6.07, 6.45) is 2.23. The van der Waals surface area contributed by atoms with Gasteiger partial charge in [-0.05, 0) is 88.2 Å². The van der Waals surface area contributed by atoms with Crippen LogP contribution in [0.1, 0.15) is 25.8 Å². The number of hydrogen-bond acceptors (Lipinski definition) is 5. The molecule has 1 saturated heterocycles. The van der Waals surface area contributed by atoms with E-state index in [0.717, 1.165) is 61.5 Å². The first-order chi connectivity index (χ1) is 15.5. The van der Waals surface area contributed by atoms with Gasteiger partial charge in [0.15, 0.2) is 17.5 Å². The first kappa shape index (κ1) is 25.4. The number of aliphatic imine (C=N–C) groups is 1. The Labute approximate surface area is 213 Å². The third-order valence-electron chi connectivity index (χ3n) is 5.63. The van der Waals surface area contributed by atoms with Crippen molar-refractivity contribution >= 4 is 35.6 Å². The van der Waals surface area contributed by atoms with Crippen molar-refractivity contribution in [2.24, 2.45) is 10.9 Å². The fraction of sp³-hybridized carbons (Fsp3) is 0.480.